The molecule has 168 valence electrons. The van der Waals surface area contributed by atoms with Crippen LogP contribution in [0.15, 0.2) is 36.4 Å². The number of phenols is 2. The summed E-state index contributed by atoms with van der Waals surface area (Å²) in [7, 11) is 0. The Morgan fingerprint density at radius 2 is 1.65 bits per heavy atom. The van der Waals surface area contributed by atoms with E-state index in [0.29, 0.717) is 11.1 Å². The Balaban J connectivity index is 1.58. The van der Waals surface area contributed by atoms with Crippen molar-refractivity contribution in [2.75, 3.05) is 6.61 Å². The van der Waals surface area contributed by atoms with Crippen LogP contribution in [0.1, 0.15) is 17.2 Å². The van der Waals surface area contributed by atoms with Gasteiger partial charge in [-0.25, -0.2) is 0 Å². The maximum absolute atomic E-state index is 10.5. The highest BCUT2D eigenvalue weighted by molar-refractivity contribution is 5.52. The van der Waals surface area contributed by atoms with Crippen molar-refractivity contribution in [1.82, 2.24) is 0 Å². The molecule has 4 rings (SSSR count). The van der Waals surface area contributed by atoms with Gasteiger partial charge in [0.25, 0.3) is 0 Å². The lowest BCUT2D eigenvalue weighted by Gasteiger charge is -2.39. The van der Waals surface area contributed by atoms with Crippen molar-refractivity contribution in [2.45, 2.75) is 49.3 Å². The van der Waals surface area contributed by atoms with Crippen LogP contribution >= 0.6 is 0 Å². The molecule has 31 heavy (non-hydrogen) atoms. The number of phenolic OH excluding ortho intramolecular Hbond substituents is 2. The van der Waals surface area contributed by atoms with Crippen LogP contribution in [0.4, 0.5) is 0 Å². The van der Waals surface area contributed by atoms with E-state index in [9.17, 15) is 35.7 Å². The van der Waals surface area contributed by atoms with Gasteiger partial charge in [0.1, 0.15) is 53.5 Å². The summed E-state index contributed by atoms with van der Waals surface area (Å²) < 4.78 is 16.8. The second-order valence-corrected chi connectivity index (χ2v) is 7.64. The molecule has 0 aromatic heterocycles. The maximum atomic E-state index is 10.5. The van der Waals surface area contributed by atoms with Crippen molar-refractivity contribution in [2.24, 2.45) is 0 Å². The highest BCUT2D eigenvalue weighted by atomic mass is 16.7. The fourth-order valence-electron chi connectivity index (χ4n) is 3.77. The summed E-state index contributed by atoms with van der Waals surface area (Å²) in [6, 6.07) is 8.85. The molecule has 2 aliphatic rings. The van der Waals surface area contributed by atoms with Gasteiger partial charge in [-0.15, -0.1) is 0 Å². The predicted molar refractivity (Wildman–Crippen MR) is 104 cm³/mol. The smallest absolute Gasteiger partial charge is 0.229 e. The summed E-state index contributed by atoms with van der Waals surface area (Å²) in [5.41, 5.74) is 0.986. The van der Waals surface area contributed by atoms with Crippen LogP contribution in [0.3, 0.4) is 0 Å². The van der Waals surface area contributed by atoms with E-state index in [1.165, 1.54) is 24.3 Å². The molecule has 10 heteroatoms. The fraction of sp³-hybridized carbons (Fsp3) is 0.429. The molecule has 0 amide bonds. The van der Waals surface area contributed by atoms with E-state index in [1.54, 1.807) is 12.1 Å². The second kappa shape index (κ2) is 8.50. The third-order valence-corrected chi connectivity index (χ3v) is 5.50. The van der Waals surface area contributed by atoms with Crippen molar-refractivity contribution in [1.29, 1.82) is 0 Å². The van der Waals surface area contributed by atoms with E-state index in [2.05, 4.69) is 0 Å². The molecule has 0 radical (unpaired) electrons. The zero-order valence-corrected chi connectivity index (χ0v) is 16.3. The summed E-state index contributed by atoms with van der Waals surface area (Å²) in [6.07, 6.45) is -8.89. The standard InChI is InChI=1S/C21H24O10/c22-8-16-17(26)18(27)19(28)21(31-16)29-11-5-13(24)12-7-14(25)20(30-15(12)6-11)9-1-3-10(23)4-2-9/h1-6,14,16-28H,7-8H2/t14-,16?,17-,18+,19?,20+,21-/m1/s1. The number of ether oxygens (including phenoxy) is 3. The Hall–Kier alpha value is -2.60. The molecule has 0 aliphatic carbocycles. The molecular weight excluding hydrogens is 412 g/mol. The maximum Gasteiger partial charge on any atom is 0.229 e. The summed E-state index contributed by atoms with van der Waals surface area (Å²) >= 11 is 0. The Bertz CT molecular complexity index is 915. The average molecular weight is 436 g/mol. The SMILES string of the molecule is OCC1O[C@@H](Oc2cc(O)c3c(c2)O[C@@H](c2ccc(O)cc2)[C@H](O)C3)C(O)[C@@H](O)[C@@H]1O. The van der Waals surface area contributed by atoms with Crippen LogP contribution in [0.2, 0.25) is 0 Å². The summed E-state index contributed by atoms with van der Waals surface area (Å²) in [6.45, 7) is -0.602. The zero-order valence-electron chi connectivity index (χ0n) is 16.3. The number of fused-ring (bicyclic) bond motifs is 1. The van der Waals surface area contributed by atoms with E-state index < -0.39 is 49.5 Å². The summed E-state index contributed by atoms with van der Waals surface area (Å²) in [4.78, 5) is 0. The molecule has 2 aromatic carbocycles. The van der Waals surface area contributed by atoms with Gasteiger partial charge in [-0.05, 0) is 17.7 Å². The molecule has 7 atom stereocenters. The van der Waals surface area contributed by atoms with E-state index in [0.717, 1.165) is 0 Å². The Kier molecular flexibility index (Phi) is 5.93. The Morgan fingerprint density at radius 1 is 0.935 bits per heavy atom. The first kappa shape index (κ1) is 21.6. The summed E-state index contributed by atoms with van der Waals surface area (Å²) in [5.74, 6) is 0.145. The molecule has 0 saturated carbocycles. The molecule has 1 fully saturated rings. The monoisotopic (exact) mass is 436 g/mol. The third-order valence-electron chi connectivity index (χ3n) is 5.50. The number of aromatic hydroxyl groups is 2. The van der Waals surface area contributed by atoms with Crippen molar-refractivity contribution < 1.29 is 50.0 Å². The van der Waals surface area contributed by atoms with Crippen LogP contribution < -0.4 is 9.47 Å². The van der Waals surface area contributed by atoms with Crippen molar-refractivity contribution >= 4 is 0 Å². The first-order valence-corrected chi connectivity index (χ1v) is 9.75. The predicted octanol–water partition coefficient (Wildman–Crippen LogP) is -0.686. The third kappa shape index (κ3) is 4.13. The molecule has 1 saturated heterocycles. The molecule has 2 aliphatic heterocycles. The molecule has 10 nitrogen and oxygen atoms in total. The van der Waals surface area contributed by atoms with Gasteiger partial charge in [0.15, 0.2) is 0 Å². The van der Waals surface area contributed by atoms with Crippen LogP contribution in [0, 0.1) is 0 Å². The van der Waals surface area contributed by atoms with E-state index >= 15 is 0 Å². The molecule has 2 aromatic rings. The minimum absolute atomic E-state index is 0.0430. The van der Waals surface area contributed by atoms with E-state index in [-0.39, 0.29) is 29.4 Å². The van der Waals surface area contributed by atoms with Gasteiger partial charge >= 0.3 is 0 Å². The normalized spacial score (nSPS) is 32.7. The highest BCUT2D eigenvalue weighted by Crippen LogP contribution is 2.42. The first-order valence-electron chi connectivity index (χ1n) is 9.75. The van der Waals surface area contributed by atoms with Crippen LogP contribution in [-0.4, -0.2) is 79.2 Å². The lowest BCUT2D eigenvalue weighted by molar-refractivity contribution is -0.277. The van der Waals surface area contributed by atoms with Gasteiger partial charge < -0.3 is 50.0 Å². The Labute approximate surface area is 177 Å². The number of aliphatic hydroxyl groups excluding tert-OH is 5. The number of rotatable bonds is 4. The van der Waals surface area contributed by atoms with Gasteiger partial charge in [-0.3, -0.25) is 0 Å². The molecular formula is C21H24O10. The van der Waals surface area contributed by atoms with Crippen molar-refractivity contribution in [3.63, 3.8) is 0 Å². The van der Waals surface area contributed by atoms with Gasteiger partial charge in [0, 0.05) is 24.1 Å². The minimum Gasteiger partial charge on any atom is -0.508 e. The van der Waals surface area contributed by atoms with Gasteiger partial charge in [-0.2, -0.15) is 0 Å². The number of hydrogen-bond donors (Lipinski definition) is 7. The molecule has 2 heterocycles. The number of benzene rings is 2. The van der Waals surface area contributed by atoms with Crippen molar-refractivity contribution in [3.8, 4) is 23.0 Å². The quantitative estimate of drug-likeness (QED) is 0.326. The molecule has 7 N–H and O–H groups in total. The second-order valence-electron chi connectivity index (χ2n) is 7.64. The minimum atomic E-state index is -1.61. The van der Waals surface area contributed by atoms with Crippen LogP contribution in [0.25, 0.3) is 0 Å². The zero-order chi connectivity index (χ0) is 22.3. The lowest BCUT2D eigenvalue weighted by Crippen LogP contribution is -2.60. The largest absolute Gasteiger partial charge is 0.508 e. The Morgan fingerprint density at radius 3 is 2.32 bits per heavy atom. The van der Waals surface area contributed by atoms with Crippen LogP contribution in [-0.2, 0) is 11.2 Å². The number of hydrogen-bond acceptors (Lipinski definition) is 10. The number of aliphatic hydroxyl groups is 5. The van der Waals surface area contributed by atoms with Crippen molar-refractivity contribution in [3.05, 3.63) is 47.5 Å². The first-order chi connectivity index (χ1) is 14.8. The van der Waals surface area contributed by atoms with Crippen LogP contribution in [0.5, 0.6) is 23.0 Å². The van der Waals surface area contributed by atoms with E-state index in [1.807, 2.05) is 0 Å². The lowest BCUT2D eigenvalue weighted by atomic mass is 9.94. The summed E-state index contributed by atoms with van der Waals surface area (Å²) in [5, 5.41) is 69.6. The van der Waals surface area contributed by atoms with Gasteiger partial charge in [0.05, 0.1) is 12.7 Å². The molecule has 0 spiro atoms. The average Bonchev–Trinajstić information content (AvgIpc) is 2.75. The highest BCUT2D eigenvalue weighted by Gasteiger charge is 2.45. The van der Waals surface area contributed by atoms with Gasteiger partial charge in [0.2, 0.25) is 6.29 Å². The van der Waals surface area contributed by atoms with Gasteiger partial charge in [-0.1, -0.05) is 12.1 Å². The molecule has 2 unspecified atom stereocenters. The fourth-order valence-corrected chi connectivity index (χ4v) is 3.77. The van der Waals surface area contributed by atoms with E-state index in [4.69, 9.17) is 14.2 Å². The topological polar surface area (TPSA) is 169 Å². The molecule has 0 bridgehead atoms.